The molecule has 264 valence electrons. The fraction of sp³-hybridized carbons (Fsp3) is 0.444. The minimum atomic E-state index is -0.920. The first kappa shape index (κ1) is 38.2. The van der Waals surface area contributed by atoms with Gasteiger partial charge in [-0.05, 0) is 90.8 Å². The van der Waals surface area contributed by atoms with Gasteiger partial charge >= 0.3 is 24.2 Å². The van der Waals surface area contributed by atoms with Crippen molar-refractivity contribution >= 4 is 41.5 Å². The van der Waals surface area contributed by atoms with Gasteiger partial charge in [-0.25, -0.2) is 29.1 Å². The molecule has 0 unspecified atom stereocenters. The molecule has 0 bridgehead atoms. The Kier molecular flexibility index (Phi) is 12.7. The van der Waals surface area contributed by atoms with Gasteiger partial charge in [0.25, 0.3) is 0 Å². The lowest BCUT2D eigenvalue weighted by molar-refractivity contribution is 0.0426. The first-order chi connectivity index (χ1) is 22.9. The Morgan fingerprint density at radius 3 is 1.98 bits per heavy atom. The molecule has 4 amide bonds. The molecule has 0 aliphatic rings. The van der Waals surface area contributed by atoms with Crippen LogP contribution in [0.4, 0.5) is 31.7 Å². The molecule has 0 aliphatic heterocycles. The average Bonchev–Trinajstić information content (AvgIpc) is 2.99. The van der Waals surface area contributed by atoms with E-state index in [1.165, 1.54) is 12.3 Å². The first-order valence-electron chi connectivity index (χ1n) is 16.1. The Balaban J connectivity index is 1.61. The molecule has 3 rings (SSSR count). The number of urea groups is 1. The number of pyridine rings is 2. The molecule has 0 fully saturated rings. The fourth-order valence-corrected chi connectivity index (χ4v) is 4.35. The molecule has 0 saturated heterocycles. The Morgan fingerprint density at radius 1 is 0.796 bits per heavy atom. The van der Waals surface area contributed by atoms with E-state index < -0.39 is 34.8 Å². The van der Waals surface area contributed by atoms with Crippen molar-refractivity contribution in [2.45, 2.75) is 91.9 Å². The number of aromatic nitrogens is 2. The minimum absolute atomic E-state index is 0.0185. The van der Waals surface area contributed by atoms with Gasteiger partial charge in [-0.3, -0.25) is 0 Å². The number of amides is 4. The molecule has 0 spiro atoms. The van der Waals surface area contributed by atoms with Gasteiger partial charge in [0.1, 0.15) is 28.4 Å². The highest BCUT2D eigenvalue weighted by Gasteiger charge is 2.33. The number of rotatable bonds is 11. The molecule has 13 nitrogen and oxygen atoms in total. The van der Waals surface area contributed by atoms with Gasteiger partial charge < -0.3 is 30.2 Å². The summed E-state index contributed by atoms with van der Waals surface area (Å²) in [6.07, 6.45) is 0.165. The van der Waals surface area contributed by atoms with E-state index in [-0.39, 0.29) is 25.0 Å². The molecule has 3 aromatic rings. The van der Waals surface area contributed by atoms with Gasteiger partial charge in [-0.1, -0.05) is 38.1 Å². The number of ether oxygens (including phenoxy) is 3. The van der Waals surface area contributed by atoms with E-state index in [4.69, 9.17) is 19.2 Å². The summed E-state index contributed by atoms with van der Waals surface area (Å²) in [5.41, 5.74) is 0.321. The summed E-state index contributed by atoms with van der Waals surface area (Å²) in [5, 5.41) is 8.87. The number of nitrogens with zero attached hydrogens (tertiary/aromatic N) is 3. The molecule has 1 aromatic carbocycles. The van der Waals surface area contributed by atoms with Crippen molar-refractivity contribution in [3.05, 3.63) is 77.6 Å². The monoisotopic (exact) mass is 676 g/mol. The van der Waals surface area contributed by atoms with Crippen molar-refractivity contribution < 1.29 is 33.4 Å². The zero-order valence-electron chi connectivity index (χ0n) is 29.8. The zero-order valence-corrected chi connectivity index (χ0v) is 29.8. The number of imide groups is 1. The molecular formula is C36H48N6O7. The van der Waals surface area contributed by atoms with Crippen LogP contribution in [0.2, 0.25) is 0 Å². The van der Waals surface area contributed by atoms with E-state index in [2.05, 4.69) is 20.9 Å². The van der Waals surface area contributed by atoms with Crippen molar-refractivity contribution in [3.8, 4) is 0 Å². The predicted molar refractivity (Wildman–Crippen MR) is 187 cm³/mol. The SMILES string of the molecule is CCOC(=O)c1ccc(C(C)(C)CCNC(=O)NCc2ccc(N(C(=O)OC(C)(C)C)C(=O)OC(C)(C)C)nc2)nc1Nc1ccccc1. The first-order valence-corrected chi connectivity index (χ1v) is 16.1. The molecule has 49 heavy (non-hydrogen) atoms. The molecule has 2 aromatic heterocycles. The maximum absolute atomic E-state index is 12.9. The molecule has 13 heteroatoms. The Hall–Kier alpha value is -5.20. The van der Waals surface area contributed by atoms with E-state index in [0.29, 0.717) is 29.9 Å². The summed E-state index contributed by atoms with van der Waals surface area (Å²) in [5.74, 6) is -0.0600. The maximum atomic E-state index is 12.9. The van der Waals surface area contributed by atoms with Gasteiger partial charge in [0.05, 0.1) is 6.61 Å². The Labute approximate surface area is 288 Å². The molecule has 0 atom stereocenters. The lowest BCUT2D eigenvalue weighted by Crippen LogP contribution is -2.44. The van der Waals surface area contributed by atoms with Gasteiger partial charge in [0.2, 0.25) is 0 Å². The van der Waals surface area contributed by atoms with Gasteiger partial charge in [-0.15, -0.1) is 0 Å². The van der Waals surface area contributed by atoms with Crippen molar-refractivity contribution in [2.75, 3.05) is 23.4 Å². The number of esters is 1. The number of benzene rings is 1. The van der Waals surface area contributed by atoms with Gasteiger partial charge in [0.15, 0.2) is 0 Å². The van der Waals surface area contributed by atoms with Crippen LogP contribution in [-0.4, -0.2) is 58.5 Å². The van der Waals surface area contributed by atoms with E-state index in [0.717, 1.165) is 16.3 Å². The molecule has 2 heterocycles. The standard InChI is InChI=1S/C36H48N6O7/c1-10-47-30(43)26-17-18-27(41-29(26)40-25-14-12-11-13-15-25)36(8,9)20-21-37-31(44)39-23-24-16-19-28(38-22-24)42(32(45)48-34(2,3)4)33(46)49-35(5,6)7/h11-19,22H,10,20-21,23H2,1-9H3,(H,40,41)(H2,37,39,44). The van der Waals surface area contributed by atoms with Crippen LogP contribution in [-0.2, 0) is 26.2 Å². The van der Waals surface area contributed by atoms with Gasteiger partial charge in [0, 0.05) is 36.1 Å². The topological polar surface area (TPSA) is 161 Å². The second-order valence-corrected chi connectivity index (χ2v) is 13.9. The van der Waals surface area contributed by atoms with Crippen molar-refractivity contribution in [1.82, 2.24) is 20.6 Å². The summed E-state index contributed by atoms with van der Waals surface area (Å²) < 4.78 is 16.0. The van der Waals surface area contributed by atoms with E-state index in [9.17, 15) is 19.2 Å². The third-order valence-corrected chi connectivity index (χ3v) is 6.80. The number of para-hydroxylation sites is 1. The molecular weight excluding hydrogens is 628 g/mol. The highest BCUT2D eigenvalue weighted by atomic mass is 16.6. The molecule has 0 saturated carbocycles. The van der Waals surface area contributed by atoms with E-state index in [1.54, 1.807) is 66.7 Å². The second-order valence-electron chi connectivity index (χ2n) is 13.9. The van der Waals surface area contributed by atoms with Crippen molar-refractivity contribution in [2.24, 2.45) is 0 Å². The third kappa shape index (κ3) is 12.1. The molecule has 0 radical (unpaired) electrons. The van der Waals surface area contributed by atoms with Crippen LogP contribution in [0.25, 0.3) is 0 Å². The van der Waals surface area contributed by atoms with Crippen LogP contribution in [0.1, 0.15) is 90.3 Å². The summed E-state index contributed by atoms with van der Waals surface area (Å²) in [6, 6.07) is 15.7. The number of anilines is 3. The average molecular weight is 677 g/mol. The largest absolute Gasteiger partial charge is 0.462 e. The van der Waals surface area contributed by atoms with Crippen LogP contribution < -0.4 is 20.9 Å². The second kappa shape index (κ2) is 16.3. The number of carbonyl (C=O) groups is 4. The number of nitrogens with one attached hydrogen (secondary N) is 3. The summed E-state index contributed by atoms with van der Waals surface area (Å²) in [6.45, 7) is 16.6. The Morgan fingerprint density at radius 2 is 1.43 bits per heavy atom. The van der Waals surface area contributed by atoms with E-state index >= 15 is 0 Å². The van der Waals surface area contributed by atoms with Crippen molar-refractivity contribution in [3.63, 3.8) is 0 Å². The lowest BCUT2D eigenvalue weighted by atomic mass is 9.85. The quantitative estimate of drug-likeness (QED) is 0.139. The van der Waals surface area contributed by atoms with E-state index in [1.807, 2.05) is 44.2 Å². The third-order valence-electron chi connectivity index (χ3n) is 6.80. The zero-order chi connectivity index (χ0) is 36.4. The number of carbonyl (C=O) groups excluding carboxylic acids is 4. The van der Waals surface area contributed by atoms with Crippen molar-refractivity contribution in [1.29, 1.82) is 0 Å². The summed E-state index contributed by atoms with van der Waals surface area (Å²) in [7, 11) is 0. The molecule has 0 aliphatic carbocycles. The van der Waals surface area contributed by atoms with Crippen LogP contribution in [0.15, 0.2) is 60.8 Å². The molecule has 3 N–H and O–H groups in total. The summed E-state index contributed by atoms with van der Waals surface area (Å²) in [4.78, 5) is 60.8. The predicted octanol–water partition coefficient (Wildman–Crippen LogP) is 7.24. The Bertz CT molecular complexity index is 1570. The lowest BCUT2D eigenvalue weighted by Gasteiger charge is -2.28. The number of hydrogen-bond donors (Lipinski definition) is 3. The normalized spacial score (nSPS) is 11.6. The van der Waals surface area contributed by atoms with Gasteiger partial charge in [-0.2, -0.15) is 4.90 Å². The smallest absolute Gasteiger partial charge is 0.425 e. The van der Waals surface area contributed by atoms with Crippen LogP contribution in [0.5, 0.6) is 0 Å². The fourth-order valence-electron chi connectivity index (χ4n) is 4.35. The minimum Gasteiger partial charge on any atom is -0.462 e. The van der Waals surface area contributed by atoms with Crippen LogP contribution >= 0.6 is 0 Å². The van der Waals surface area contributed by atoms with Crippen LogP contribution in [0, 0.1) is 0 Å². The van der Waals surface area contributed by atoms with Crippen LogP contribution in [0.3, 0.4) is 0 Å². The highest BCUT2D eigenvalue weighted by Crippen LogP contribution is 2.29. The number of hydrogen-bond acceptors (Lipinski definition) is 10. The highest BCUT2D eigenvalue weighted by molar-refractivity contribution is 6.08. The maximum Gasteiger partial charge on any atom is 0.425 e. The summed E-state index contributed by atoms with van der Waals surface area (Å²) >= 11 is 0.